The third kappa shape index (κ3) is 3.32. The molecule has 0 aliphatic rings. The van der Waals surface area contributed by atoms with Crippen molar-refractivity contribution in [2.24, 2.45) is 0 Å². The highest BCUT2D eigenvalue weighted by Gasteiger charge is 2.21. The van der Waals surface area contributed by atoms with Crippen molar-refractivity contribution in [1.29, 1.82) is 0 Å². The van der Waals surface area contributed by atoms with Gasteiger partial charge in [-0.2, -0.15) is 0 Å². The van der Waals surface area contributed by atoms with Crippen molar-refractivity contribution in [2.75, 3.05) is 5.75 Å². The SMILES string of the molecule is O=C(CS(=O)(=O)c1ccc(F)cc1)c1ccccc1Br. The molecule has 3 nitrogen and oxygen atoms in total. The van der Waals surface area contributed by atoms with E-state index in [-0.39, 0.29) is 4.90 Å². The molecular formula is C14H10BrFO3S. The van der Waals surface area contributed by atoms with Gasteiger partial charge in [-0.15, -0.1) is 0 Å². The molecule has 2 rings (SSSR count). The second-order valence-electron chi connectivity index (χ2n) is 4.12. The Hall–Kier alpha value is -1.53. The van der Waals surface area contributed by atoms with Crippen LogP contribution in [0.3, 0.4) is 0 Å². The van der Waals surface area contributed by atoms with Gasteiger partial charge in [0.15, 0.2) is 15.6 Å². The van der Waals surface area contributed by atoms with Crippen molar-refractivity contribution in [3.8, 4) is 0 Å². The van der Waals surface area contributed by atoms with E-state index >= 15 is 0 Å². The van der Waals surface area contributed by atoms with Crippen LogP contribution in [0.2, 0.25) is 0 Å². The molecule has 20 heavy (non-hydrogen) atoms. The fourth-order valence-corrected chi connectivity index (χ4v) is 3.39. The van der Waals surface area contributed by atoms with Gasteiger partial charge >= 0.3 is 0 Å². The van der Waals surface area contributed by atoms with Gasteiger partial charge in [0.1, 0.15) is 11.6 Å². The molecule has 0 aliphatic carbocycles. The average molecular weight is 357 g/mol. The molecule has 0 fully saturated rings. The molecule has 0 saturated carbocycles. The number of sulfone groups is 1. The Morgan fingerprint density at radius 2 is 1.65 bits per heavy atom. The van der Waals surface area contributed by atoms with E-state index < -0.39 is 27.2 Å². The highest BCUT2D eigenvalue weighted by molar-refractivity contribution is 9.10. The molecule has 6 heteroatoms. The topological polar surface area (TPSA) is 51.2 Å². The first kappa shape index (κ1) is 14.9. The van der Waals surface area contributed by atoms with Crippen LogP contribution in [0.5, 0.6) is 0 Å². The Bertz CT molecular complexity index is 739. The predicted octanol–water partition coefficient (Wildman–Crippen LogP) is 3.24. The normalized spacial score (nSPS) is 11.3. The first-order chi connectivity index (χ1) is 9.40. The monoisotopic (exact) mass is 356 g/mol. The third-order valence-corrected chi connectivity index (χ3v) is 4.99. The molecule has 0 spiro atoms. The Morgan fingerprint density at radius 1 is 1.05 bits per heavy atom. The maximum Gasteiger partial charge on any atom is 0.185 e. The van der Waals surface area contributed by atoms with Crippen LogP contribution in [0.1, 0.15) is 10.4 Å². The number of benzene rings is 2. The zero-order chi connectivity index (χ0) is 14.8. The van der Waals surface area contributed by atoms with E-state index in [2.05, 4.69) is 15.9 Å². The maximum absolute atomic E-state index is 12.8. The van der Waals surface area contributed by atoms with Crippen LogP contribution in [-0.4, -0.2) is 20.0 Å². The molecule has 0 amide bonds. The summed E-state index contributed by atoms with van der Waals surface area (Å²) in [5.41, 5.74) is 0.304. The number of ketones is 1. The Morgan fingerprint density at radius 3 is 2.25 bits per heavy atom. The van der Waals surface area contributed by atoms with Crippen molar-refractivity contribution in [1.82, 2.24) is 0 Å². The molecule has 0 N–H and O–H groups in total. The molecule has 0 saturated heterocycles. The molecular weight excluding hydrogens is 347 g/mol. The summed E-state index contributed by atoms with van der Waals surface area (Å²) in [6.07, 6.45) is 0. The summed E-state index contributed by atoms with van der Waals surface area (Å²) in [6.45, 7) is 0. The highest BCUT2D eigenvalue weighted by atomic mass is 79.9. The summed E-state index contributed by atoms with van der Waals surface area (Å²) in [6, 6.07) is 11.0. The van der Waals surface area contributed by atoms with Gasteiger partial charge in [-0.1, -0.05) is 34.1 Å². The fraction of sp³-hybridized carbons (Fsp3) is 0.0714. The lowest BCUT2D eigenvalue weighted by Gasteiger charge is -2.05. The Labute approximate surface area is 124 Å². The van der Waals surface area contributed by atoms with Crippen LogP contribution in [0.25, 0.3) is 0 Å². The number of hydrogen-bond acceptors (Lipinski definition) is 3. The van der Waals surface area contributed by atoms with Gasteiger partial charge < -0.3 is 0 Å². The molecule has 0 atom stereocenters. The third-order valence-electron chi connectivity index (χ3n) is 2.67. The van der Waals surface area contributed by atoms with Gasteiger partial charge in [-0.05, 0) is 30.3 Å². The Kier molecular flexibility index (Phi) is 4.35. The van der Waals surface area contributed by atoms with Crippen molar-refractivity contribution in [2.45, 2.75) is 4.90 Å². The zero-order valence-corrected chi connectivity index (χ0v) is 12.6. The molecule has 2 aromatic carbocycles. The van der Waals surface area contributed by atoms with E-state index in [0.717, 1.165) is 24.3 Å². The minimum absolute atomic E-state index is 0.0701. The number of rotatable bonds is 4. The van der Waals surface area contributed by atoms with Crippen LogP contribution in [0.4, 0.5) is 4.39 Å². The predicted molar refractivity (Wildman–Crippen MR) is 76.9 cm³/mol. The summed E-state index contributed by atoms with van der Waals surface area (Å²) >= 11 is 3.20. The molecule has 0 radical (unpaired) electrons. The summed E-state index contributed by atoms with van der Waals surface area (Å²) in [5, 5.41) is 0. The lowest BCUT2D eigenvalue weighted by Crippen LogP contribution is -2.16. The van der Waals surface area contributed by atoms with E-state index in [1.165, 1.54) is 0 Å². The highest BCUT2D eigenvalue weighted by Crippen LogP contribution is 2.19. The molecule has 0 bridgehead atoms. The number of halogens is 2. The van der Waals surface area contributed by atoms with Crippen LogP contribution >= 0.6 is 15.9 Å². The van der Waals surface area contributed by atoms with Crippen LogP contribution < -0.4 is 0 Å². The standard InChI is InChI=1S/C14H10BrFO3S/c15-13-4-2-1-3-12(13)14(17)9-20(18,19)11-7-5-10(16)6-8-11/h1-8H,9H2. The van der Waals surface area contributed by atoms with E-state index in [9.17, 15) is 17.6 Å². The van der Waals surface area contributed by atoms with Crippen molar-refractivity contribution < 1.29 is 17.6 Å². The smallest absolute Gasteiger partial charge is 0.185 e. The van der Waals surface area contributed by atoms with Gasteiger partial charge in [-0.3, -0.25) is 4.79 Å². The maximum atomic E-state index is 12.8. The summed E-state index contributed by atoms with van der Waals surface area (Å²) in [4.78, 5) is 12.0. The quantitative estimate of drug-likeness (QED) is 0.624. The number of carbonyl (C=O) groups excluding carboxylic acids is 1. The van der Waals surface area contributed by atoms with E-state index in [1.807, 2.05) is 0 Å². The Balaban J connectivity index is 2.27. The summed E-state index contributed by atoms with van der Waals surface area (Å²) in [7, 11) is -3.78. The summed E-state index contributed by atoms with van der Waals surface area (Å²) < 4.78 is 37.5. The lowest BCUT2D eigenvalue weighted by molar-refractivity contribution is 0.102. The largest absolute Gasteiger partial charge is 0.293 e. The molecule has 0 unspecified atom stereocenters. The molecule has 2 aromatic rings. The van der Waals surface area contributed by atoms with Crippen LogP contribution in [0.15, 0.2) is 57.9 Å². The lowest BCUT2D eigenvalue weighted by atomic mass is 10.1. The van der Waals surface area contributed by atoms with Gasteiger partial charge in [0.05, 0.1) is 4.90 Å². The number of carbonyl (C=O) groups is 1. The molecule has 0 heterocycles. The number of Topliss-reactive ketones (excluding diaryl/α,β-unsaturated/α-hetero) is 1. The van der Waals surface area contributed by atoms with Gasteiger partial charge in [0, 0.05) is 10.0 Å². The van der Waals surface area contributed by atoms with E-state index in [4.69, 9.17) is 0 Å². The van der Waals surface area contributed by atoms with Crippen LogP contribution in [0, 0.1) is 5.82 Å². The molecule has 0 aromatic heterocycles. The van der Waals surface area contributed by atoms with E-state index in [0.29, 0.717) is 10.0 Å². The first-order valence-corrected chi connectivity index (χ1v) is 8.11. The summed E-state index contributed by atoms with van der Waals surface area (Å²) in [5.74, 6) is -1.69. The zero-order valence-electron chi connectivity index (χ0n) is 10.2. The molecule has 0 aliphatic heterocycles. The van der Waals surface area contributed by atoms with Gasteiger partial charge in [0.2, 0.25) is 0 Å². The van der Waals surface area contributed by atoms with Crippen LogP contribution in [-0.2, 0) is 9.84 Å². The van der Waals surface area contributed by atoms with Crippen molar-refractivity contribution in [3.63, 3.8) is 0 Å². The van der Waals surface area contributed by atoms with Gasteiger partial charge in [-0.25, -0.2) is 12.8 Å². The number of hydrogen-bond donors (Lipinski definition) is 0. The second-order valence-corrected chi connectivity index (χ2v) is 6.96. The van der Waals surface area contributed by atoms with Gasteiger partial charge in [0.25, 0.3) is 0 Å². The fourth-order valence-electron chi connectivity index (χ4n) is 1.66. The second kappa shape index (κ2) is 5.85. The average Bonchev–Trinajstić information content (AvgIpc) is 2.39. The first-order valence-electron chi connectivity index (χ1n) is 5.66. The molecule has 104 valence electrons. The van der Waals surface area contributed by atoms with Crippen molar-refractivity contribution in [3.05, 3.63) is 64.4 Å². The minimum atomic E-state index is -3.78. The minimum Gasteiger partial charge on any atom is -0.293 e. The van der Waals surface area contributed by atoms with E-state index in [1.54, 1.807) is 24.3 Å². The van der Waals surface area contributed by atoms with Crippen molar-refractivity contribution >= 4 is 31.6 Å².